The average Bonchev–Trinajstić information content (AvgIpc) is 3.41. The Morgan fingerprint density at radius 3 is 2.81 bits per heavy atom. The van der Waals surface area contributed by atoms with Gasteiger partial charge in [-0.25, -0.2) is 4.98 Å². The van der Waals surface area contributed by atoms with Crippen molar-refractivity contribution in [2.45, 2.75) is 46.2 Å². The van der Waals surface area contributed by atoms with Crippen LogP contribution in [0, 0.1) is 5.92 Å². The molecule has 0 unspecified atom stereocenters. The lowest BCUT2D eigenvalue weighted by Gasteiger charge is -2.24. The van der Waals surface area contributed by atoms with Gasteiger partial charge >= 0.3 is 0 Å². The van der Waals surface area contributed by atoms with E-state index in [1.54, 1.807) is 11.0 Å². The Morgan fingerprint density at radius 1 is 1.08 bits per heavy atom. The Hall–Kier alpha value is -3.23. The van der Waals surface area contributed by atoms with Gasteiger partial charge in [0.2, 0.25) is 0 Å². The zero-order valence-corrected chi connectivity index (χ0v) is 22.1. The number of aryl methyl sites for hydroxylation is 1. The van der Waals surface area contributed by atoms with E-state index in [9.17, 15) is 4.79 Å². The molecule has 0 radical (unpaired) electrons. The number of nitrogens with zero attached hydrogens (tertiary/aromatic N) is 4. The third-order valence-electron chi connectivity index (χ3n) is 6.49. The third-order valence-corrected chi connectivity index (χ3v) is 6.49. The summed E-state index contributed by atoms with van der Waals surface area (Å²) < 4.78 is 13.7. The van der Waals surface area contributed by atoms with Crippen molar-refractivity contribution in [1.82, 2.24) is 25.0 Å². The molecule has 3 aromatic rings. The number of nitrogens with one attached hydrogen (secondary N) is 1. The second-order valence-corrected chi connectivity index (χ2v) is 10.0. The van der Waals surface area contributed by atoms with Gasteiger partial charge in [0, 0.05) is 38.2 Å². The Balaban J connectivity index is 1.45. The number of aromatic nitrogens is 3. The van der Waals surface area contributed by atoms with E-state index < -0.39 is 0 Å². The van der Waals surface area contributed by atoms with Crippen LogP contribution in [0.25, 0.3) is 0 Å². The highest BCUT2D eigenvalue weighted by molar-refractivity contribution is 5.94. The maximum Gasteiger partial charge on any atom is 0.251 e. The van der Waals surface area contributed by atoms with Crippen LogP contribution < -0.4 is 10.1 Å². The van der Waals surface area contributed by atoms with Crippen LogP contribution in [0.3, 0.4) is 0 Å². The first-order chi connectivity index (χ1) is 18.1. The molecule has 0 saturated carbocycles. The number of carbonyl (C=O) groups is 1. The summed E-state index contributed by atoms with van der Waals surface area (Å²) in [5.74, 6) is 1.39. The Labute approximate surface area is 220 Å². The van der Waals surface area contributed by atoms with E-state index in [1.165, 1.54) is 23.9 Å². The van der Waals surface area contributed by atoms with Gasteiger partial charge in [0.15, 0.2) is 0 Å². The molecular weight excluding hydrogens is 466 g/mol. The average molecular weight is 506 g/mol. The number of hydrogen-bond acceptors (Lipinski definition) is 6. The lowest BCUT2D eigenvalue weighted by molar-refractivity contribution is 0.0764. The van der Waals surface area contributed by atoms with Crippen LogP contribution in [-0.4, -0.2) is 65.0 Å². The van der Waals surface area contributed by atoms with Crippen molar-refractivity contribution >= 4 is 5.91 Å². The molecule has 1 aromatic heterocycles. The lowest BCUT2D eigenvalue weighted by Crippen LogP contribution is -2.29. The predicted molar refractivity (Wildman–Crippen MR) is 144 cm³/mol. The van der Waals surface area contributed by atoms with E-state index in [-0.39, 0.29) is 5.91 Å². The summed E-state index contributed by atoms with van der Waals surface area (Å²) in [5, 5.41) is 7.11. The van der Waals surface area contributed by atoms with Crippen molar-refractivity contribution < 1.29 is 14.3 Å². The molecule has 1 N–H and O–H groups in total. The van der Waals surface area contributed by atoms with Gasteiger partial charge in [-0.2, -0.15) is 5.10 Å². The van der Waals surface area contributed by atoms with Crippen molar-refractivity contribution in [3.63, 3.8) is 0 Å². The molecule has 1 amide bonds. The summed E-state index contributed by atoms with van der Waals surface area (Å²) in [5.41, 5.74) is 4.14. The summed E-state index contributed by atoms with van der Waals surface area (Å²) >= 11 is 0. The van der Waals surface area contributed by atoms with Gasteiger partial charge in [-0.15, -0.1) is 0 Å². The minimum Gasteiger partial charge on any atom is -0.491 e. The molecule has 8 nitrogen and oxygen atoms in total. The summed E-state index contributed by atoms with van der Waals surface area (Å²) in [6.07, 6.45) is 5.84. The molecule has 0 atom stereocenters. The van der Waals surface area contributed by atoms with E-state index >= 15 is 0 Å². The number of fused-ring (bicyclic) bond motifs is 3. The van der Waals surface area contributed by atoms with E-state index in [1.807, 2.05) is 18.2 Å². The monoisotopic (exact) mass is 505 g/mol. The first kappa shape index (κ1) is 26.8. The zero-order chi connectivity index (χ0) is 25.9. The fourth-order valence-electron chi connectivity index (χ4n) is 4.43. The van der Waals surface area contributed by atoms with Crippen LogP contribution in [0.2, 0.25) is 0 Å². The van der Waals surface area contributed by atoms with Crippen LogP contribution in [0.4, 0.5) is 0 Å². The molecule has 0 aliphatic carbocycles. The van der Waals surface area contributed by atoms with Crippen LogP contribution in [0.15, 0.2) is 55.1 Å². The molecule has 2 bridgehead atoms. The summed E-state index contributed by atoms with van der Waals surface area (Å²) in [6, 6.07) is 14.4. The standard InChI is InChI=1S/C29H39N5O3/c1-23(2)9-12-33-13-14-36-15-16-37-28-8-7-26(29(35)31-10-4-11-34-22-30-21-32-34)19-27(28)18-24-5-3-6-25(17-24)20-33/h3,5-8,17,19,21-23H,4,9-16,18,20H2,1-2H3,(H,31,35). The van der Waals surface area contributed by atoms with Crippen molar-refractivity contribution in [3.05, 3.63) is 77.4 Å². The topological polar surface area (TPSA) is 81.5 Å². The molecule has 2 heterocycles. The molecule has 4 rings (SSSR count). The maximum atomic E-state index is 12.9. The van der Waals surface area contributed by atoms with E-state index in [4.69, 9.17) is 9.47 Å². The van der Waals surface area contributed by atoms with Crippen LogP contribution in [-0.2, 0) is 24.2 Å². The Kier molecular flexibility index (Phi) is 10.1. The van der Waals surface area contributed by atoms with Gasteiger partial charge in [0.1, 0.15) is 25.0 Å². The highest BCUT2D eigenvalue weighted by atomic mass is 16.5. The predicted octanol–water partition coefficient (Wildman–Crippen LogP) is 3.95. The fraction of sp³-hybridized carbons (Fsp3) is 0.483. The summed E-state index contributed by atoms with van der Waals surface area (Å²) in [6.45, 7) is 10.4. The summed E-state index contributed by atoms with van der Waals surface area (Å²) in [7, 11) is 0. The Bertz CT molecular complexity index is 1120. The van der Waals surface area contributed by atoms with E-state index in [2.05, 4.69) is 58.4 Å². The van der Waals surface area contributed by atoms with Gasteiger partial charge in [-0.05, 0) is 60.2 Å². The van der Waals surface area contributed by atoms with Crippen molar-refractivity contribution in [2.24, 2.45) is 5.92 Å². The molecule has 0 spiro atoms. The first-order valence-corrected chi connectivity index (χ1v) is 13.3. The van der Waals surface area contributed by atoms with Gasteiger partial charge in [-0.1, -0.05) is 38.1 Å². The van der Waals surface area contributed by atoms with Crippen molar-refractivity contribution in [1.29, 1.82) is 0 Å². The summed E-state index contributed by atoms with van der Waals surface area (Å²) in [4.78, 5) is 19.3. The second-order valence-electron chi connectivity index (χ2n) is 10.0. The first-order valence-electron chi connectivity index (χ1n) is 13.3. The largest absolute Gasteiger partial charge is 0.491 e. The van der Waals surface area contributed by atoms with Gasteiger partial charge < -0.3 is 14.8 Å². The SMILES string of the molecule is CC(C)CCN1CCOCCOc2ccc(C(=O)NCCCn3cncn3)cc2Cc2cccc(c2)C1. The number of hydrogen-bond donors (Lipinski definition) is 1. The van der Waals surface area contributed by atoms with Crippen molar-refractivity contribution in [3.8, 4) is 5.75 Å². The molecule has 198 valence electrons. The Morgan fingerprint density at radius 2 is 1.97 bits per heavy atom. The molecular formula is C29H39N5O3. The smallest absolute Gasteiger partial charge is 0.251 e. The molecule has 1 aliphatic rings. The second kappa shape index (κ2) is 13.9. The highest BCUT2D eigenvalue weighted by Crippen LogP contribution is 2.25. The van der Waals surface area contributed by atoms with Crippen LogP contribution >= 0.6 is 0 Å². The third kappa shape index (κ3) is 8.68. The number of benzene rings is 2. The number of ether oxygens (including phenoxy) is 2. The molecule has 1 aliphatic heterocycles. The number of amides is 1. The number of rotatable bonds is 8. The van der Waals surface area contributed by atoms with Crippen LogP contribution in [0.1, 0.15) is 53.7 Å². The number of carbonyl (C=O) groups excluding carboxylic acids is 1. The van der Waals surface area contributed by atoms with Gasteiger partial charge in [0.25, 0.3) is 5.91 Å². The molecule has 0 saturated heterocycles. The minimum atomic E-state index is -0.0846. The lowest BCUT2D eigenvalue weighted by atomic mass is 9.99. The quantitative estimate of drug-likeness (QED) is 0.467. The molecule has 0 fully saturated rings. The molecule has 37 heavy (non-hydrogen) atoms. The zero-order valence-electron chi connectivity index (χ0n) is 22.1. The normalized spacial score (nSPS) is 15.0. The molecule has 2 aromatic carbocycles. The van der Waals surface area contributed by atoms with Gasteiger partial charge in [-0.3, -0.25) is 14.4 Å². The minimum absolute atomic E-state index is 0.0846. The van der Waals surface area contributed by atoms with Crippen molar-refractivity contribution in [2.75, 3.05) is 39.5 Å². The van der Waals surface area contributed by atoms with E-state index in [0.29, 0.717) is 50.8 Å². The molecule has 8 heteroatoms. The maximum absolute atomic E-state index is 12.9. The van der Waals surface area contributed by atoms with Crippen LogP contribution in [0.5, 0.6) is 5.75 Å². The highest BCUT2D eigenvalue weighted by Gasteiger charge is 2.14. The van der Waals surface area contributed by atoms with E-state index in [0.717, 1.165) is 37.4 Å². The fourth-order valence-corrected chi connectivity index (χ4v) is 4.43. The van der Waals surface area contributed by atoms with Gasteiger partial charge in [0.05, 0.1) is 13.2 Å².